The molecule has 1 N–H and O–H groups in total. The second-order valence-electron chi connectivity index (χ2n) is 7.13. The quantitative estimate of drug-likeness (QED) is 0.868. The van der Waals surface area contributed by atoms with Crippen LogP contribution in [0.5, 0.6) is 0 Å². The number of hydrazone groups is 1. The maximum atomic E-state index is 13.5. The molecular weight excluding hydrogens is 298 g/mol. The first-order valence-corrected chi connectivity index (χ1v) is 8.27. The summed E-state index contributed by atoms with van der Waals surface area (Å²) in [5.74, 6) is 0.0400. The van der Waals surface area contributed by atoms with Crippen LogP contribution in [0.4, 0.5) is 11.4 Å². The average Bonchev–Trinajstić information content (AvgIpc) is 2.82. The van der Waals surface area contributed by atoms with Gasteiger partial charge in [-0.05, 0) is 51.0 Å². The number of carbonyl (C=O) groups excluding carboxylic acids is 1. The minimum absolute atomic E-state index is 0.0400. The molecule has 2 aromatic carbocycles. The number of anilines is 2. The largest absolute Gasteiger partial charge is 0.378 e. The third kappa shape index (κ3) is 1.86. The fourth-order valence-electron chi connectivity index (χ4n) is 4.03. The highest BCUT2D eigenvalue weighted by Gasteiger charge is 2.60. The van der Waals surface area contributed by atoms with Gasteiger partial charge in [0.15, 0.2) is 0 Å². The van der Waals surface area contributed by atoms with Gasteiger partial charge in [0.2, 0.25) is 0 Å². The zero-order valence-electron chi connectivity index (χ0n) is 14.2. The van der Waals surface area contributed by atoms with E-state index in [4.69, 9.17) is 0 Å². The predicted molar refractivity (Wildman–Crippen MR) is 97.3 cm³/mol. The Morgan fingerprint density at radius 1 is 1.04 bits per heavy atom. The van der Waals surface area contributed by atoms with E-state index in [-0.39, 0.29) is 5.91 Å². The first-order chi connectivity index (χ1) is 11.5. The van der Waals surface area contributed by atoms with Gasteiger partial charge in [-0.1, -0.05) is 36.4 Å². The first-order valence-electron chi connectivity index (χ1n) is 8.27. The van der Waals surface area contributed by atoms with Gasteiger partial charge in [-0.15, -0.1) is 0 Å². The Hall–Kier alpha value is -2.62. The van der Waals surface area contributed by atoms with Gasteiger partial charge in [0, 0.05) is 5.69 Å². The van der Waals surface area contributed by atoms with E-state index in [1.54, 1.807) is 5.01 Å². The second kappa shape index (κ2) is 4.94. The van der Waals surface area contributed by atoms with Crippen molar-refractivity contribution in [1.82, 2.24) is 0 Å². The van der Waals surface area contributed by atoms with Crippen LogP contribution >= 0.6 is 0 Å². The van der Waals surface area contributed by atoms with Crippen LogP contribution < -0.4 is 10.3 Å². The molecule has 0 saturated heterocycles. The molecule has 0 aliphatic carbocycles. The standard InChI is InChI=1S/C20H21N3O/c1-14-20(18(24)23(22-14)16-10-5-4-6-11-16)13-15-9-7-8-12-17(15)21-19(20,2)3/h4-12,21H,13H2,1-3H3. The lowest BCUT2D eigenvalue weighted by Crippen LogP contribution is -2.61. The Labute approximate surface area is 142 Å². The molecule has 4 rings (SSSR count). The maximum absolute atomic E-state index is 13.5. The first kappa shape index (κ1) is 14.9. The molecule has 4 nitrogen and oxygen atoms in total. The van der Waals surface area contributed by atoms with E-state index < -0.39 is 11.0 Å². The number of nitrogens with zero attached hydrogens (tertiary/aromatic N) is 2. The van der Waals surface area contributed by atoms with Crippen molar-refractivity contribution >= 4 is 23.0 Å². The summed E-state index contributed by atoms with van der Waals surface area (Å²) < 4.78 is 0. The van der Waals surface area contributed by atoms with Crippen LogP contribution in [0.2, 0.25) is 0 Å². The summed E-state index contributed by atoms with van der Waals surface area (Å²) in [5.41, 5.74) is 2.85. The summed E-state index contributed by atoms with van der Waals surface area (Å²) in [6.45, 7) is 6.15. The molecule has 2 heterocycles. The zero-order valence-corrected chi connectivity index (χ0v) is 14.2. The number of fused-ring (bicyclic) bond motifs is 1. The minimum atomic E-state index is -0.669. The van der Waals surface area contributed by atoms with Gasteiger partial charge in [-0.25, -0.2) is 0 Å². The van der Waals surface area contributed by atoms with Crippen molar-refractivity contribution in [1.29, 1.82) is 0 Å². The molecule has 1 amide bonds. The summed E-state index contributed by atoms with van der Waals surface area (Å²) >= 11 is 0. The zero-order chi connectivity index (χ0) is 16.9. The smallest absolute Gasteiger partial charge is 0.262 e. The van der Waals surface area contributed by atoms with Gasteiger partial charge in [-0.3, -0.25) is 4.79 Å². The van der Waals surface area contributed by atoms with Crippen molar-refractivity contribution in [2.45, 2.75) is 32.7 Å². The number of para-hydroxylation sites is 2. The summed E-state index contributed by atoms with van der Waals surface area (Å²) in [7, 11) is 0. The number of hydrogen-bond acceptors (Lipinski definition) is 3. The van der Waals surface area contributed by atoms with E-state index in [0.29, 0.717) is 6.42 Å². The van der Waals surface area contributed by atoms with Gasteiger partial charge in [0.05, 0.1) is 16.9 Å². The highest BCUT2D eigenvalue weighted by atomic mass is 16.2. The monoisotopic (exact) mass is 319 g/mol. The third-order valence-electron chi connectivity index (χ3n) is 5.41. The van der Waals surface area contributed by atoms with E-state index in [1.807, 2.05) is 49.4 Å². The molecule has 2 aliphatic rings. The lowest BCUT2D eigenvalue weighted by atomic mass is 9.62. The van der Waals surface area contributed by atoms with Crippen molar-refractivity contribution in [2.24, 2.45) is 10.5 Å². The lowest BCUT2D eigenvalue weighted by molar-refractivity contribution is -0.125. The van der Waals surface area contributed by atoms with E-state index in [0.717, 1.165) is 22.6 Å². The molecule has 4 heteroatoms. The van der Waals surface area contributed by atoms with Gasteiger partial charge < -0.3 is 5.32 Å². The van der Waals surface area contributed by atoms with E-state index in [2.05, 4.69) is 36.4 Å². The SMILES string of the molecule is CC1=NN(c2ccccc2)C(=O)C12Cc1ccccc1NC2(C)C. The van der Waals surface area contributed by atoms with Crippen LogP contribution in [0.1, 0.15) is 26.3 Å². The number of rotatable bonds is 1. The predicted octanol–water partition coefficient (Wildman–Crippen LogP) is 3.84. The topological polar surface area (TPSA) is 44.7 Å². The molecule has 0 saturated carbocycles. The van der Waals surface area contributed by atoms with Crippen molar-refractivity contribution in [3.05, 3.63) is 60.2 Å². The molecule has 1 spiro atoms. The molecule has 0 fully saturated rings. The highest BCUT2D eigenvalue weighted by Crippen LogP contribution is 2.49. The molecule has 2 aliphatic heterocycles. The van der Waals surface area contributed by atoms with Crippen LogP contribution in [0, 0.1) is 5.41 Å². The van der Waals surface area contributed by atoms with Crippen molar-refractivity contribution < 1.29 is 4.79 Å². The molecule has 0 bridgehead atoms. The minimum Gasteiger partial charge on any atom is -0.378 e. The molecular formula is C20H21N3O. The van der Waals surface area contributed by atoms with Crippen LogP contribution in [0.3, 0.4) is 0 Å². The van der Waals surface area contributed by atoms with Crippen molar-refractivity contribution in [3.63, 3.8) is 0 Å². The Bertz CT molecular complexity index is 841. The molecule has 0 radical (unpaired) electrons. The lowest BCUT2D eigenvalue weighted by Gasteiger charge is -2.48. The fourth-order valence-corrected chi connectivity index (χ4v) is 4.03. The van der Waals surface area contributed by atoms with E-state index >= 15 is 0 Å². The number of benzene rings is 2. The fraction of sp³-hybridized carbons (Fsp3) is 0.300. The Morgan fingerprint density at radius 3 is 2.46 bits per heavy atom. The van der Waals surface area contributed by atoms with Crippen LogP contribution in [-0.2, 0) is 11.2 Å². The van der Waals surface area contributed by atoms with Crippen LogP contribution in [0.15, 0.2) is 59.7 Å². The number of amides is 1. The number of nitrogens with one attached hydrogen (secondary N) is 1. The van der Waals surface area contributed by atoms with Crippen LogP contribution in [0.25, 0.3) is 0 Å². The Morgan fingerprint density at radius 2 is 1.71 bits per heavy atom. The van der Waals surface area contributed by atoms with Crippen molar-refractivity contribution in [2.75, 3.05) is 10.3 Å². The molecule has 1 atom stereocenters. The molecule has 122 valence electrons. The summed E-state index contributed by atoms with van der Waals surface area (Å²) in [4.78, 5) is 13.5. The van der Waals surface area contributed by atoms with Gasteiger partial charge >= 0.3 is 0 Å². The molecule has 1 unspecified atom stereocenters. The second-order valence-corrected chi connectivity index (χ2v) is 7.13. The summed E-state index contributed by atoms with van der Waals surface area (Å²) in [6, 6.07) is 17.8. The Balaban J connectivity index is 1.83. The van der Waals surface area contributed by atoms with Gasteiger partial charge in [0.25, 0.3) is 5.91 Å². The molecule has 24 heavy (non-hydrogen) atoms. The number of hydrogen-bond donors (Lipinski definition) is 1. The van der Waals surface area contributed by atoms with Gasteiger partial charge in [-0.2, -0.15) is 10.1 Å². The van der Waals surface area contributed by atoms with Crippen LogP contribution in [-0.4, -0.2) is 17.2 Å². The van der Waals surface area contributed by atoms with E-state index in [9.17, 15) is 4.79 Å². The highest BCUT2D eigenvalue weighted by molar-refractivity contribution is 6.20. The maximum Gasteiger partial charge on any atom is 0.262 e. The summed E-state index contributed by atoms with van der Waals surface area (Å²) in [5, 5.41) is 9.78. The molecule has 2 aromatic rings. The van der Waals surface area contributed by atoms with E-state index in [1.165, 1.54) is 0 Å². The Kier molecular flexibility index (Phi) is 3.07. The average molecular weight is 319 g/mol. The third-order valence-corrected chi connectivity index (χ3v) is 5.41. The normalized spacial score (nSPS) is 24.5. The summed E-state index contributed by atoms with van der Waals surface area (Å²) in [6.07, 6.45) is 0.667. The van der Waals surface area contributed by atoms with Gasteiger partial charge in [0.1, 0.15) is 5.41 Å². The molecule has 0 aromatic heterocycles. The number of carbonyl (C=O) groups is 1. The van der Waals surface area contributed by atoms with Crippen molar-refractivity contribution in [3.8, 4) is 0 Å².